The third-order valence-electron chi connectivity index (χ3n) is 3.79. The van der Waals surface area contributed by atoms with Crippen LogP contribution >= 0.6 is 0 Å². The molecule has 5 nitrogen and oxygen atoms in total. The van der Waals surface area contributed by atoms with E-state index in [1.54, 1.807) is 12.4 Å². The van der Waals surface area contributed by atoms with Crippen LogP contribution in [-0.2, 0) is 0 Å². The molecule has 1 aromatic rings. The molecular weight excluding hydrogens is 250 g/mol. The monoisotopic (exact) mass is 277 g/mol. The molecule has 0 amide bonds. The molecule has 0 saturated carbocycles. The molecule has 1 aliphatic rings. The SMILES string of the molecule is CC(C)(C)CC(CN)N1CCN(c2ncccn2)CC1. The number of hydrogen-bond donors (Lipinski definition) is 1. The molecule has 1 unspecified atom stereocenters. The predicted molar refractivity (Wildman–Crippen MR) is 82.7 cm³/mol. The van der Waals surface area contributed by atoms with Gasteiger partial charge < -0.3 is 10.6 Å². The first-order valence-corrected chi connectivity index (χ1v) is 7.46. The zero-order chi connectivity index (χ0) is 14.6. The van der Waals surface area contributed by atoms with Gasteiger partial charge >= 0.3 is 0 Å². The molecule has 1 aliphatic heterocycles. The summed E-state index contributed by atoms with van der Waals surface area (Å²) in [5.74, 6) is 0.840. The number of hydrogen-bond acceptors (Lipinski definition) is 5. The van der Waals surface area contributed by atoms with Crippen LogP contribution < -0.4 is 10.6 Å². The van der Waals surface area contributed by atoms with Crippen LogP contribution in [0.5, 0.6) is 0 Å². The fourth-order valence-corrected chi connectivity index (χ4v) is 2.81. The molecule has 2 rings (SSSR count). The molecular formula is C15H27N5. The number of piperazine rings is 1. The van der Waals surface area contributed by atoms with E-state index in [1.807, 2.05) is 6.07 Å². The van der Waals surface area contributed by atoms with Crippen molar-refractivity contribution < 1.29 is 0 Å². The van der Waals surface area contributed by atoms with E-state index in [9.17, 15) is 0 Å². The molecule has 1 saturated heterocycles. The smallest absolute Gasteiger partial charge is 0.225 e. The Balaban J connectivity index is 1.90. The van der Waals surface area contributed by atoms with Crippen LogP contribution in [0.1, 0.15) is 27.2 Å². The topological polar surface area (TPSA) is 58.3 Å². The molecule has 1 fully saturated rings. The van der Waals surface area contributed by atoms with Crippen molar-refractivity contribution in [3.05, 3.63) is 18.5 Å². The van der Waals surface area contributed by atoms with Gasteiger partial charge in [-0.1, -0.05) is 20.8 Å². The molecule has 0 bridgehead atoms. The summed E-state index contributed by atoms with van der Waals surface area (Å²) in [4.78, 5) is 13.4. The summed E-state index contributed by atoms with van der Waals surface area (Å²) < 4.78 is 0. The maximum Gasteiger partial charge on any atom is 0.225 e. The highest BCUT2D eigenvalue weighted by molar-refractivity contribution is 5.29. The van der Waals surface area contributed by atoms with Gasteiger partial charge in [0.15, 0.2) is 0 Å². The van der Waals surface area contributed by atoms with E-state index in [1.165, 1.54) is 0 Å². The van der Waals surface area contributed by atoms with Gasteiger partial charge in [-0.15, -0.1) is 0 Å². The van der Waals surface area contributed by atoms with Crippen LogP contribution in [-0.4, -0.2) is 53.6 Å². The van der Waals surface area contributed by atoms with Crippen molar-refractivity contribution in [2.75, 3.05) is 37.6 Å². The normalized spacial score (nSPS) is 19.1. The average Bonchev–Trinajstić information content (AvgIpc) is 2.45. The lowest BCUT2D eigenvalue weighted by Crippen LogP contribution is -2.53. The Morgan fingerprint density at radius 1 is 1.15 bits per heavy atom. The van der Waals surface area contributed by atoms with E-state index in [4.69, 9.17) is 5.73 Å². The average molecular weight is 277 g/mol. The van der Waals surface area contributed by atoms with Crippen LogP contribution in [0.15, 0.2) is 18.5 Å². The summed E-state index contributed by atoms with van der Waals surface area (Å²) in [7, 11) is 0. The maximum absolute atomic E-state index is 5.98. The largest absolute Gasteiger partial charge is 0.338 e. The minimum absolute atomic E-state index is 0.323. The third kappa shape index (κ3) is 4.15. The van der Waals surface area contributed by atoms with E-state index in [0.717, 1.165) is 45.1 Å². The van der Waals surface area contributed by atoms with Crippen molar-refractivity contribution in [1.82, 2.24) is 14.9 Å². The Hall–Kier alpha value is -1.20. The standard InChI is InChI=1S/C15H27N5/c1-15(2,3)11-13(12-16)19-7-9-20(10-8-19)14-17-5-4-6-18-14/h4-6,13H,7-12,16H2,1-3H3. The van der Waals surface area contributed by atoms with Crippen molar-refractivity contribution in [2.45, 2.75) is 33.2 Å². The van der Waals surface area contributed by atoms with Gasteiger partial charge in [0.25, 0.3) is 0 Å². The zero-order valence-electron chi connectivity index (χ0n) is 12.9. The Bertz CT molecular complexity index is 392. The van der Waals surface area contributed by atoms with E-state index in [2.05, 4.69) is 40.5 Å². The van der Waals surface area contributed by atoms with E-state index < -0.39 is 0 Å². The fraction of sp³-hybridized carbons (Fsp3) is 0.733. The summed E-state index contributed by atoms with van der Waals surface area (Å²) in [6, 6.07) is 2.34. The minimum atomic E-state index is 0.323. The highest BCUT2D eigenvalue weighted by atomic mass is 15.3. The lowest BCUT2D eigenvalue weighted by atomic mass is 9.87. The molecule has 1 atom stereocenters. The second-order valence-corrected chi connectivity index (χ2v) is 6.73. The molecule has 5 heteroatoms. The highest BCUT2D eigenvalue weighted by Gasteiger charge is 2.27. The van der Waals surface area contributed by atoms with Gasteiger partial charge in [0.05, 0.1) is 0 Å². The van der Waals surface area contributed by atoms with Crippen molar-refractivity contribution in [3.8, 4) is 0 Å². The minimum Gasteiger partial charge on any atom is -0.338 e. The summed E-state index contributed by atoms with van der Waals surface area (Å²) >= 11 is 0. The quantitative estimate of drug-likeness (QED) is 0.900. The second-order valence-electron chi connectivity index (χ2n) is 6.73. The van der Waals surface area contributed by atoms with Crippen LogP contribution in [0.3, 0.4) is 0 Å². The summed E-state index contributed by atoms with van der Waals surface area (Å²) in [5, 5.41) is 0. The lowest BCUT2D eigenvalue weighted by molar-refractivity contribution is 0.144. The number of rotatable bonds is 4. The molecule has 2 heterocycles. The van der Waals surface area contributed by atoms with Gasteiger partial charge in [0.1, 0.15) is 0 Å². The van der Waals surface area contributed by atoms with E-state index in [0.29, 0.717) is 11.5 Å². The Kier molecular flexibility index (Phi) is 4.94. The van der Waals surface area contributed by atoms with Crippen molar-refractivity contribution in [1.29, 1.82) is 0 Å². The Labute approximate surface area is 122 Å². The Morgan fingerprint density at radius 2 is 1.75 bits per heavy atom. The van der Waals surface area contributed by atoms with E-state index >= 15 is 0 Å². The highest BCUT2D eigenvalue weighted by Crippen LogP contribution is 2.24. The van der Waals surface area contributed by atoms with Gasteiger partial charge in [0, 0.05) is 51.2 Å². The summed E-state index contributed by atoms with van der Waals surface area (Å²) in [6.45, 7) is 11.6. The van der Waals surface area contributed by atoms with Gasteiger partial charge in [0.2, 0.25) is 5.95 Å². The molecule has 0 aromatic carbocycles. The first-order chi connectivity index (χ1) is 9.49. The van der Waals surface area contributed by atoms with Crippen LogP contribution in [0.2, 0.25) is 0 Å². The number of nitrogens with zero attached hydrogens (tertiary/aromatic N) is 4. The van der Waals surface area contributed by atoms with Gasteiger partial charge in [-0.3, -0.25) is 4.90 Å². The fourth-order valence-electron chi connectivity index (χ4n) is 2.81. The first kappa shape index (κ1) is 15.2. The Morgan fingerprint density at radius 3 is 2.25 bits per heavy atom. The first-order valence-electron chi connectivity index (χ1n) is 7.46. The summed E-state index contributed by atoms with van der Waals surface area (Å²) in [5.41, 5.74) is 6.30. The maximum atomic E-state index is 5.98. The van der Waals surface area contributed by atoms with Crippen molar-refractivity contribution in [3.63, 3.8) is 0 Å². The molecule has 112 valence electrons. The molecule has 2 N–H and O–H groups in total. The lowest BCUT2D eigenvalue weighted by Gasteiger charge is -2.40. The van der Waals surface area contributed by atoms with Crippen LogP contribution in [0, 0.1) is 5.41 Å². The third-order valence-corrected chi connectivity index (χ3v) is 3.79. The van der Waals surface area contributed by atoms with Gasteiger partial charge in [-0.2, -0.15) is 0 Å². The molecule has 0 spiro atoms. The zero-order valence-corrected chi connectivity index (χ0v) is 12.9. The molecule has 0 aliphatic carbocycles. The van der Waals surface area contributed by atoms with Crippen molar-refractivity contribution in [2.24, 2.45) is 11.1 Å². The number of anilines is 1. The number of aromatic nitrogens is 2. The molecule has 1 aromatic heterocycles. The second kappa shape index (κ2) is 6.50. The predicted octanol–water partition coefficient (Wildman–Crippen LogP) is 1.36. The molecule has 0 radical (unpaired) electrons. The van der Waals surface area contributed by atoms with Gasteiger partial charge in [-0.05, 0) is 17.9 Å². The molecule has 20 heavy (non-hydrogen) atoms. The van der Waals surface area contributed by atoms with Crippen LogP contribution in [0.25, 0.3) is 0 Å². The van der Waals surface area contributed by atoms with Crippen LogP contribution in [0.4, 0.5) is 5.95 Å². The van der Waals surface area contributed by atoms with E-state index in [-0.39, 0.29) is 0 Å². The summed E-state index contributed by atoms with van der Waals surface area (Å²) in [6.07, 6.45) is 4.75. The van der Waals surface area contributed by atoms with Gasteiger partial charge in [-0.25, -0.2) is 9.97 Å². The van der Waals surface area contributed by atoms with Crippen molar-refractivity contribution >= 4 is 5.95 Å². The number of nitrogens with two attached hydrogens (primary N) is 1.